The summed E-state index contributed by atoms with van der Waals surface area (Å²) < 4.78 is 0. The van der Waals surface area contributed by atoms with E-state index in [2.05, 4.69) is 10.3 Å². The SMILES string of the molecule is CN(C)c1ccccc1C(=O)Nc1nccs1. The number of hydrogen-bond donors (Lipinski definition) is 1. The van der Waals surface area contributed by atoms with Crippen molar-refractivity contribution >= 4 is 28.1 Å². The third-order valence-electron chi connectivity index (χ3n) is 2.28. The average molecular weight is 247 g/mol. The fraction of sp³-hybridized carbons (Fsp3) is 0.167. The zero-order valence-corrected chi connectivity index (χ0v) is 10.5. The van der Waals surface area contributed by atoms with Gasteiger partial charge in [-0.2, -0.15) is 0 Å². The molecule has 5 heteroatoms. The van der Waals surface area contributed by atoms with Gasteiger partial charge in [-0.3, -0.25) is 10.1 Å². The number of amides is 1. The smallest absolute Gasteiger partial charge is 0.259 e. The van der Waals surface area contributed by atoms with E-state index in [0.29, 0.717) is 10.7 Å². The summed E-state index contributed by atoms with van der Waals surface area (Å²) in [7, 11) is 3.82. The molecule has 0 spiro atoms. The highest BCUT2D eigenvalue weighted by Crippen LogP contribution is 2.20. The minimum atomic E-state index is -0.135. The van der Waals surface area contributed by atoms with E-state index in [1.807, 2.05) is 42.6 Å². The standard InChI is InChI=1S/C12H13N3OS/c1-15(2)10-6-4-3-5-9(10)11(16)14-12-13-7-8-17-12/h3-8H,1-2H3,(H,13,14,16). The maximum atomic E-state index is 12.1. The summed E-state index contributed by atoms with van der Waals surface area (Å²) in [5.74, 6) is -0.135. The third kappa shape index (κ3) is 2.62. The van der Waals surface area contributed by atoms with E-state index >= 15 is 0 Å². The van der Waals surface area contributed by atoms with Crippen LogP contribution in [-0.2, 0) is 0 Å². The molecule has 0 aliphatic carbocycles. The number of carbonyl (C=O) groups excluding carboxylic acids is 1. The predicted molar refractivity (Wildman–Crippen MR) is 70.8 cm³/mol. The molecule has 0 aliphatic rings. The van der Waals surface area contributed by atoms with Crippen molar-refractivity contribution in [2.24, 2.45) is 0 Å². The number of hydrogen-bond acceptors (Lipinski definition) is 4. The van der Waals surface area contributed by atoms with Gasteiger partial charge in [0.2, 0.25) is 0 Å². The Hall–Kier alpha value is -1.88. The second-order valence-corrected chi connectivity index (χ2v) is 4.60. The molecule has 0 fully saturated rings. The van der Waals surface area contributed by atoms with Crippen molar-refractivity contribution in [3.8, 4) is 0 Å². The number of anilines is 2. The van der Waals surface area contributed by atoms with Crippen LogP contribution in [0.1, 0.15) is 10.4 Å². The lowest BCUT2D eigenvalue weighted by atomic mass is 10.1. The van der Waals surface area contributed by atoms with Crippen molar-refractivity contribution in [3.63, 3.8) is 0 Å². The fourth-order valence-corrected chi connectivity index (χ4v) is 2.03. The number of nitrogens with one attached hydrogen (secondary N) is 1. The lowest BCUT2D eigenvalue weighted by Crippen LogP contribution is -2.18. The highest BCUT2D eigenvalue weighted by molar-refractivity contribution is 7.13. The zero-order chi connectivity index (χ0) is 12.3. The second-order valence-electron chi connectivity index (χ2n) is 3.70. The second kappa shape index (κ2) is 4.97. The van der Waals surface area contributed by atoms with Crippen LogP contribution in [-0.4, -0.2) is 25.0 Å². The maximum absolute atomic E-state index is 12.1. The molecule has 1 aromatic carbocycles. The van der Waals surface area contributed by atoms with Gasteiger partial charge in [0.15, 0.2) is 5.13 Å². The predicted octanol–water partition coefficient (Wildman–Crippen LogP) is 2.46. The van der Waals surface area contributed by atoms with Crippen molar-refractivity contribution in [1.29, 1.82) is 0 Å². The lowest BCUT2D eigenvalue weighted by molar-refractivity contribution is 0.102. The van der Waals surface area contributed by atoms with Crippen LogP contribution >= 0.6 is 11.3 Å². The summed E-state index contributed by atoms with van der Waals surface area (Å²) in [6.07, 6.45) is 1.66. The molecule has 0 radical (unpaired) electrons. The molecule has 0 aliphatic heterocycles. The van der Waals surface area contributed by atoms with E-state index in [0.717, 1.165) is 5.69 Å². The van der Waals surface area contributed by atoms with Crippen molar-refractivity contribution in [2.45, 2.75) is 0 Å². The summed E-state index contributed by atoms with van der Waals surface area (Å²) >= 11 is 1.40. The number of aromatic nitrogens is 1. The van der Waals surface area contributed by atoms with Gasteiger partial charge in [-0.15, -0.1) is 11.3 Å². The Morgan fingerprint density at radius 1 is 1.35 bits per heavy atom. The van der Waals surface area contributed by atoms with Gasteiger partial charge in [0, 0.05) is 31.4 Å². The Labute approximate surface area is 104 Å². The van der Waals surface area contributed by atoms with E-state index in [-0.39, 0.29) is 5.91 Å². The molecular formula is C12H13N3OS. The topological polar surface area (TPSA) is 45.2 Å². The Kier molecular flexibility index (Phi) is 3.39. The van der Waals surface area contributed by atoms with Crippen molar-refractivity contribution in [2.75, 3.05) is 24.3 Å². The van der Waals surface area contributed by atoms with E-state index in [9.17, 15) is 4.79 Å². The molecule has 0 atom stereocenters. The molecule has 0 saturated carbocycles. The van der Waals surface area contributed by atoms with Crippen molar-refractivity contribution in [3.05, 3.63) is 41.4 Å². The number of rotatable bonds is 3. The zero-order valence-electron chi connectivity index (χ0n) is 9.68. The molecule has 2 rings (SSSR count). The molecule has 1 aromatic heterocycles. The first kappa shape index (κ1) is 11.6. The highest BCUT2D eigenvalue weighted by atomic mass is 32.1. The van der Waals surface area contributed by atoms with Crippen LogP contribution in [0.15, 0.2) is 35.8 Å². The van der Waals surface area contributed by atoms with Gasteiger partial charge in [-0.1, -0.05) is 12.1 Å². The molecule has 4 nitrogen and oxygen atoms in total. The van der Waals surface area contributed by atoms with Gasteiger partial charge in [0.25, 0.3) is 5.91 Å². The quantitative estimate of drug-likeness (QED) is 0.906. The first-order chi connectivity index (χ1) is 8.18. The van der Waals surface area contributed by atoms with Gasteiger partial charge < -0.3 is 4.90 Å². The number of carbonyl (C=O) groups is 1. The summed E-state index contributed by atoms with van der Waals surface area (Å²) in [4.78, 5) is 18.0. The lowest BCUT2D eigenvalue weighted by Gasteiger charge is -2.16. The molecule has 1 N–H and O–H groups in total. The van der Waals surface area contributed by atoms with Crippen LogP contribution in [0, 0.1) is 0 Å². The molecule has 88 valence electrons. The third-order valence-corrected chi connectivity index (χ3v) is 2.97. The summed E-state index contributed by atoms with van der Waals surface area (Å²) in [6, 6.07) is 7.48. The van der Waals surface area contributed by atoms with Gasteiger partial charge in [-0.05, 0) is 12.1 Å². The van der Waals surface area contributed by atoms with E-state index in [4.69, 9.17) is 0 Å². The minimum Gasteiger partial charge on any atom is -0.377 e. The summed E-state index contributed by atoms with van der Waals surface area (Å²) in [6.45, 7) is 0. The Bertz CT molecular complexity index is 508. The molecule has 17 heavy (non-hydrogen) atoms. The van der Waals surface area contributed by atoms with Crippen molar-refractivity contribution in [1.82, 2.24) is 4.98 Å². The average Bonchev–Trinajstić information content (AvgIpc) is 2.81. The van der Waals surface area contributed by atoms with E-state index in [1.54, 1.807) is 12.3 Å². The molecular weight excluding hydrogens is 234 g/mol. The largest absolute Gasteiger partial charge is 0.377 e. The molecule has 2 aromatic rings. The number of thiazole rings is 1. The normalized spacial score (nSPS) is 10.0. The Morgan fingerprint density at radius 3 is 2.76 bits per heavy atom. The number of para-hydroxylation sites is 1. The van der Waals surface area contributed by atoms with Crippen molar-refractivity contribution < 1.29 is 4.79 Å². The molecule has 0 unspecified atom stereocenters. The van der Waals surface area contributed by atoms with Crippen LogP contribution in [0.5, 0.6) is 0 Å². The summed E-state index contributed by atoms with van der Waals surface area (Å²) in [5, 5.41) is 5.22. The monoisotopic (exact) mass is 247 g/mol. The van der Waals surface area contributed by atoms with Crippen LogP contribution in [0.25, 0.3) is 0 Å². The van der Waals surface area contributed by atoms with E-state index in [1.165, 1.54) is 11.3 Å². The van der Waals surface area contributed by atoms with Crippen LogP contribution < -0.4 is 10.2 Å². The van der Waals surface area contributed by atoms with Gasteiger partial charge in [0.05, 0.1) is 5.56 Å². The fourth-order valence-electron chi connectivity index (χ4n) is 1.51. The molecule has 0 saturated heterocycles. The van der Waals surface area contributed by atoms with Crippen LogP contribution in [0.4, 0.5) is 10.8 Å². The molecule has 1 heterocycles. The van der Waals surface area contributed by atoms with E-state index < -0.39 is 0 Å². The highest BCUT2D eigenvalue weighted by Gasteiger charge is 2.12. The first-order valence-electron chi connectivity index (χ1n) is 5.15. The minimum absolute atomic E-state index is 0.135. The van der Waals surface area contributed by atoms with Crippen LogP contribution in [0.2, 0.25) is 0 Å². The first-order valence-corrected chi connectivity index (χ1v) is 6.03. The van der Waals surface area contributed by atoms with Gasteiger partial charge in [0.1, 0.15) is 0 Å². The number of nitrogens with zero attached hydrogens (tertiary/aromatic N) is 2. The van der Waals surface area contributed by atoms with Crippen LogP contribution in [0.3, 0.4) is 0 Å². The van der Waals surface area contributed by atoms with Gasteiger partial charge in [-0.25, -0.2) is 4.98 Å². The summed E-state index contributed by atoms with van der Waals surface area (Å²) in [5.41, 5.74) is 1.54. The van der Waals surface area contributed by atoms with Gasteiger partial charge >= 0.3 is 0 Å². The maximum Gasteiger partial charge on any atom is 0.259 e. The molecule has 1 amide bonds. The Morgan fingerprint density at radius 2 is 2.12 bits per heavy atom. The molecule has 0 bridgehead atoms. The number of benzene rings is 1. The Balaban J connectivity index is 2.25.